The molecule has 0 bridgehead atoms. The number of carbonyl (C=O) groups excluding carboxylic acids is 1. The normalized spacial score (nSPS) is 12.5. The number of rotatable bonds is 11. The van der Waals surface area contributed by atoms with Crippen molar-refractivity contribution in [2.24, 2.45) is 15.2 Å². The number of hydrogen-bond acceptors (Lipinski definition) is 9. The van der Waals surface area contributed by atoms with Crippen molar-refractivity contribution in [1.29, 1.82) is 0 Å². The summed E-state index contributed by atoms with van der Waals surface area (Å²) in [6.07, 6.45) is 2.14. The number of amidine groups is 1. The van der Waals surface area contributed by atoms with Crippen molar-refractivity contribution in [2.45, 2.75) is 53.2 Å². The van der Waals surface area contributed by atoms with Crippen LogP contribution in [0.4, 0.5) is 0 Å². The quantitative estimate of drug-likeness (QED) is 0.148. The Kier molecular flexibility index (Phi) is 8.63. The molecular weight excluding hydrogens is 570 g/mol. The molecule has 0 fully saturated rings. The van der Waals surface area contributed by atoms with Gasteiger partial charge in [0, 0.05) is 18.5 Å². The number of aliphatic imine (C=N–C) groups is 1. The van der Waals surface area contributed by atoms with E-state index >= 15 is 0 Å². The smallest absolute Gasteiger partial charge is 0.453 e. The average molecular weight is 604 g/mol. The molecule has 0 unspecified atom stereocenters. The number of imidazole rings is 1. The van der Waals surface area contributed by atoms with Crippen LogP contribution in [-0.4, -0.2) is 28.0 Å². The molecule has 6 rings (SSSR count). The molecule has 45 heavy (non-hydrogen) atoms. The topological polar surface area (TPSA) is 125 Å². The van der Waals surface area contributed by atoms with Crippen molar-refractivity contribution in [3.8, 4) is 22.3 Å². The zero-order chi connectivity index (χ0) is 31.3. The SMILES string of the molecule is CCCc1nc(CC)c(C(=O)OCc2oc(=O)oc2C)n1Cc1ccc(-c2cc(-c3ccccc3)ccc2C2=NCN=N2)cc1. The number of aryl methyl sites for hydroxylation is 3. The highest BCUT2D eigenvalue weighted by molar-refractivity contribution is 6.06. The third-order valence-electron chi connectivity index (χ3n) is 7.71. The third-order valence-corrected chi connectivity index (χ3v) is 7.71. The van der Waals surface area contributed by atoms with Crippen molar-refractivity contribution in [3.63, 3.8) is 0 Å². The maximum absolute atomic E-state index is 13.4. The zero-order valence-corrected chi connectivity index (χ0v) is 25.4. The standard InChI is InChI=1S/C35H33N5O5/c1-4-9-31-38-29(5-2)32(34(41)43-20-30-22(3)44-35(42)45-30)40(31)19-23-12-14-25(15-13-23)28-18-26(24-10-7-6-8-11-24)16-17-27(28)33-36-21-37-39-33/h6-8,10-18H,4-5,9,19-21H2,1-3H3. The molecule has 10 nitrogen and oxygen atoms in total. The van der Waals surface area contributed by atoms with Gasteiger partial charge in [-0.15, -0.1) is 5.11 Å². The zero-order valence-electron chi connectivity index (χ0n) is 25.4. The first-order valence-electron chi connectivity index (χ1n) is 15.0. The van der Waals surface area contributed by atoms with Crippen LogP contribution in [0.5, 0.6) is 0 Å². The maximum Gasteiger partial charge on any atom is 0.519 e. The van der Waals surface area contributed by atoms with Gasteiger partial charge in [0.15, 0.2) is 36.3 Å². The fraction of sp³-hybridized carbons (Fsp3) is 0.257. The van der Waals surface area contributed by atoms with E-state index in [1.165, 1.54) is 0 Å². The monoisotopic (exact) mass is 603 g/mol. The molecule has 1 aliphatic heterocycles. The number of benzene rings is 3. The summed E-state index contributed by atoms with van der Waals surface area (Å²) in [5.74, 6) is 0.545. The lowest BCUT2D eigenvalue weighted by molar-refractivity contribution is 0.0429. The fourth-order valence-corrected chi connectivity index (χ4v) is 5.45. The van der Waals surface area contributed by atoms with E-state index in [0.717, 1.165) is 45.6 Å². The van der Waals surface area contributed by atoms with Gasteiger partial charge >= 0.3 is 11.8 Å². The average Bonchev–Trinajstić information content (AvgIpc) is 3.80. The molecule has 0 saturated heterocycles. The number of nitrogens with zero attached hydrogens (tertiary/aromatic N) is 5. The molecule has 0 radical (unpaired) electrons. The summed E-state index contributed by atoms with van der Waals surface area (Å²) >= 11 is 0. The molecule has 228 valence electrons. The molecule has 0 saturated carbocycles. The minimum absolute atomic E-state index is 0.183. The molecule has 0 amide bonds. The number of azo groups is 1. The second-order valence-electron chi connectivity index (χ2n) is 10.7. The summed E-state index contributed by atoms with van der Waals surface area (Å²) in [6.45, 7) is 6.19. The van der Waals surface area contributed by atoms with Crippen molar-refractivity contribution in [3.05, 3.63) is 123 Å². The summed E-state index contributed by atoms with van der Waals surface area (Å²) < 4.78 is 17.4. The molecule has 2 aromatic heterocycles. The molecule has 3 aromatic carbocycles. The highest BCUT2D eigenvalue weighted by Crippen LogP contribution is 2.32. The van der Waals surface area contributed by atoms with Crippen LogP contribution >= 0.6 is 0 Å². The van der Waals surface area contributed by atoms with Gasteiger partial charge in [-0.05, 0) is 59.7 Å². The largest absolute Gasteiger partial charge is 0.519 e. The van der Waals surface area contributed by atoms with Crippen LogP contribution in [0.15, 0.2) is 102 Å². The van der Waals surface area contributed by atoms with E-state index in [0.29, 0.717) is 43.3 Å². The van der Waals surface area contributed by atoms with Gasteiger partial charge in [-0.1, -0.05) is 74.5 Å². The highest BCUT2D eigenvalue weighted by Gasteiger charge is 2.24. The first-order valence-corrected chi connectivity index (χ1v) is 15.0. The number of aromatic nitrogens is 2. The van der Waals surface area contributed by atoms with E-state index in [2.05, 4.69) is 76.7 Å². The van der Waals surface area contributed by atoms with Crippen LogP contribution in [0.1, 0.15) is 64.9 Å². The Labute approximate surface area is 260 Å². The van der Waals surface area contributed by atoms with E-state index in [1.807, 2.05) is 29.7 Å². The molecule has 10 heteroatoms. The first kappa shape index (κ1) is 29.7. The molecule has 0 aliphatic carbocycles. The third kappa shape index (κ3) is 6.31. The predicted molar refractivity (Wildman–Crippen MR) is 169 cm³/mol. The molecule has 0 atom stereocenters. The lowest BCUT2D eigenvalue weighted by Gasteiger charge is -2.14. The van der Waals surface area contributed by atoms with Gasteiger partial charge in [0.05, 0.1) is 5.69 Å². The van der Waals surface area contributed by atoms with Gasteiger partial charge in [0.1, 0.15) is 5.82 Å². The van der Waals surface area contributed by atoms with Crippen molar-refractivity contribution in [2.75, 3.05) is 6.67 Å². The van der Waals surface area contributed by atoms with Gasteiger partial charge in [-0.25, -0.2) is 19.6 Å². The second-order valence-corrected chi connectivity index (χ2v) is 10.7. The Morgan fingerprint density at radius 2 is 1.71 bits per heavy atom. The molecule has 3 heterocycles. The van der Waals surface area contributed by atoms with Crippen molar-refractivity contribution >= 4 is 11.8 Å². The van der Waals surface area contributed by atoms with Crippen LogP contribution in [0.2, 0.25) is 0 Å². The minimum Gasteiger partial charge on any atom is -0.453 e. The lowest BCUT2D eigenvalue weighted by atomic mass is 9.93. The fourth-order valence-electron chi connectivity index (χ4n) is 5.45. The van der Waals surface area contributed by atoms with Crippen LogP contribution in [0, 0.1) is 6.92 Å². The molecule has 5 aromatic rings. The number of carbonyl (C=O) groups is 1. The van der Waals surface area contributed by atoms with Gasteiger partial charge < -0.3 is 18.1 Å². The van der Waals surface area contributed by atoms with Crippen LogP contribution in [0.3, 0.4) is 0 Å². The van der Waals surface area contributed by atoms with Crippen LogP contribution in [-0.2, 0) is 30.7 Å². The summed E-state index contributed by atoms with van der Waals surface area (Å²) in [5.41, 5.74) is 7.23. The summed E-state index contributed by atoms with van der Waals surface area (Å²) in [5, 5.41) is 8.33. The Morgan fingerprint density at radius 3 is 2.38 bits per heavy atom. The lowest BCUT2D eigenvalue weighted by Crippen LogP contribution is -2.16. The van der Waals surface area contributed by atoms with E-state index < -0.39 is 11.8 Å². The minimum atomic E-state index is -0.828. The van der Waals surface area contributed by atoms with Crippen LogP contribution in [0.25, 0.3) is 22.3 Å². The number of ether oxygens (including phenoxy) is 1. The molecule has 1 aliphatic rings. The highest BCUT2D eigenvalue weighted by atomic mass is 16.6. The predicted octanol–water partition coefficient (Wildman–Crippen LogP) is 7.16. The van der Waals surface area contributed by atoms with Gasteiger partial charge in [0.25, 0.3) is 0 Å². The van der Waals surface area contributed by atoms with Gasteiger partial charge in [0.2, 0.25) is 0 Å². The van der Waals surface area contributed by atoms with Crippen LogP contribution < -0.4 is 5.82 Å². The Morgan fingerprint density at radius 1 is 0.933 bits per heavy atom. The van der Waals surface area contributed by atoms with E-state index in [1.54, 1.807) is 6.92 Å². The van der Waals surface area contributed by atoms with Gasteiger partial charge in [-0.2, -0.15) is 5.11 Å². The first-order chi connectivity index (χ1) is 21.9. The van der Waals surface area contributed by atoms with Crippen molar-refractivity contribution < 1.29 is 18.4 Å². The maximum atomic E-state index is 13.4. The Bertz CT molecular complexity index is 1950. The molecule has 0 spiro atoms. The molecule has 0 N–H and O–H groups in total. The second kappa shape index (κ2) is 13.1. The summed E-state index contributed by atoms with van der Waals surface area (Å²) in [4.78, 5) is 34.2. The van der Waals surface area contributed by atoms with Gasteiger partial charge in [-0.3, -0.25) is 0 Å². The summed E-state index contributed by atoms with van der Waals surface area (Å²) in [7, 11) is 0. The van der Waals surface area contributed by atoms with E-state index in [9.17, 15) is 9.59 Å². The van der Waals surface area contributed by atoms with E-state index in [-0.39, 0.29) is 18.1 Å². The number of hydrogen-bond donors (Lipinski definition) is 0. The number of esters is 1. The Balaban J connectivity index is 1.32. The summed E-state index contributed by atoms with van der Waals surface area (Å²) in [6, 6.07) is 24.8. The molecular formula is C35H33N5O5. The Hall–Kier alpha value is -5.38. The van der Waals surface area contributed by atoms with E-state index in [4.69, 9.17) is 18.6 Å². The van der Waals surface area contributed by atoms with Crippen molar-refractivity contribution in [1.82, 2.24) is 9.55 Å².